The van der Waals surface area contributed by atoms with Crippen molar-refractivity contribution in [1.82, 2.24) is 19.8 Å². The smallest absolute Gasteiger partial charge is 0.211 e. The zero-order chi connectivity index (χ0) is 17.4. The molecular weight excluding hydrogens is 457 g/mol. The number of likely N-dealkylation sites (tertiary alicyclic amines) is 1. The summed E-state index contributed by atoms with van der Waals surface area (Å²) in [6, 6.07) is 0.573. The van der Waals surface area contributed by atoms with Gasteiger partial charge in [-0.15, -0.1) is 24.0 Å². The van der Waals surface area contributed by atoms with Gasteiger partial charge in [-0.3, -0.25) is 9.89 Å². The number of nitrogens with one attached hydrogen (secondary N) is 2. The highest BCUT2D eigenvalue weighted by Crippen LogP contribution is 2.16. The molecule has 2 aliphatic heterocycles. The van der Waals surface area contributed by atoms with Crippen LogP contribution < -0.4 is 10.0 Å². The second kappa shape index (κ2) is 11.5. The Balaban J connectivity index is 0.00000312. The molecule has 2 rings (SSSR count). The van der Waals surface area contributed by atoms with Gasteiger partial charge in [-0.1, -0.05) is 0 Å². The lowest BCUT2D eigenvalue weighted by Crippen LogP contribution is -2.47. The summed E-state index contributed by atoms with van der Waals surface area (Å²) in [5.41, 5.74) is 0. The average Bonchev–Trinajstić information content (AvgIpc) is 3.09. The number of halogens is 1. The summed E-state index contributed by atoms with van der Waals surface area (Å²) >= 11 is 0. The molecule has 1 unspecified atom stereocenters. The van der Waals surface area contributed by atoms with E-state index < -0.39 is 10.0 Å². The molecule has 0 aliphatic carbocycles. The van der Waals surface area contributed by atoms with Gasteiger partial charge in [0, 0.05) is 52.4 Å². The number of sulfonamides is 1. The molecule has 8 nitrogen and oxygen atoms in total. The van der Waals surface area contributed by atoms with Gasteiger partial charge in [0.05, 0.1) is 19.0 Å². The van der Waals surface area contributed by atoms with Crippen molar-refractivity contribution < 1.29 is 13.2 Å². The van der Waals surface area contributed by atoms with E-state index in [0.29, 0.717) is 19.1 Å². The summed E-state index contributed by atoms with van der Waals surface area (Å²) < 4.78 is 30.7. The molecule has 0 saturated carbocycles. The van der Waals surface area contributed by atoms with Crippen LogP contribution in [0.15, 0.2) is 4.99 Å². The fraction of sp³-hybridized carbons (Fsp3) is 0.933. The Morgan fingerprint density at radius 3 is 2.60 bits per heavy atom. The van der Waals surface area contributed by atoms with E-state index in [4.69, 9.17) is 4.74 Å². The van der Waals surface area contributed by atoms with Crippen LogP contribution in [0.25, 0.3) is 0 Å². The maximum absolute atomic E-state index is 11.4. The summed E-state index contributed by atoms with van der Waals surface area (Å²) in [5.74, 6) is 1.03. The van der Waals surface area contributed by atoms with Crippen molar-refractivity contribution in [2.45, 2.75) is 25.8 Å². The maximum Gasteiger partial charge on any atom is 0.211 e. The van der Waals surface area contributed by atoms with E-state index in [1.54, 1.807) is 14.0 Å². The fourth-order valence-corrected chi connectivity index (χ4v) is 3.78. The first kappa shape index (κ1) is 22.9. The molecule has 0 spiro atoms. The number of ether oxygens (including phenoxy) is 1. The van der Waals surface area contributed by atoms with Gasteiger partial charge in [0.2, 0.25) is 10.0 Å². The Labute approximate surface area is 168 Å². The van der Waals surface area contributed by atoms with Crippen molar-refractivity contribution in [1.29, 1.82) is 0 Å². The van der Waals surface area contributed by atoms with E-state index in [-0.39, 0.29) is 29.7 Å². The molecule has 2 aliphatic rings. The number of nitrogens with zero attached hydrogens (tertiary/aromatic N) is 3. The molecule has 25 heavy (non-hydrogen) atoms. The minimum Gasteiger partial charge on any atom is -0.379 e. The zero-order valence-corrected chi connectivity index (χ0v) is 18.4. The van der Waals surface area contributed by atoms with Gasteiger partial charge in [0.15, 0.2) is 5.96 Å². The predicted molar refractivity (Wildman–Crippen MR) is 111 cm³/mol. The summed E-state index contributed by atoms with van der Waals surface area (Å²) in [7, 11) is -1.30. The van der Waals surface area contributed by atoms with Crippen LogP contribution in [-0.2, 0) is 14.8 Å². The molecule has 0 bridgehead atoms. The summed E-state index contributed by atoms with van der Waals surface area (Å²) in [6.45, 7) is 8.49. The van der Waals surface area contributed by atoms with Crippen LogP contribution in [0.3, 0.4) is 0 Å². The number of hydrogen-bond acceptors (Lipinski definition) is 5. The monoisotopic (exact) mass is 489 g/mol. The Morgan fingerprint density at radius 1 is 1.24 bits per heavy atom. The molecule has 10 heteroatoms. The van der Waals surface area contributed by atoms with Gasteiger partial charge in [-0.25, -0.2) is 13.1 Å². The highest BCUT2D eigenvalue weighted by molar-refractivity contribution is 14.0. The third kappa shape index (κ3) is 7.53. The minimum absolute atomic E-state index is 0. The van der Waals surface area contributed by atoms with Crippen LogP contribution in [0.4, 0.5) is 0 Å². The van der Waals surface area contributed by atoms with Gasteiger partial charge in [0.25, 0.3) is 0 Å². The molecule has 0 aromatic heterocycles. The van der Waals surface area contributed by atoms with Crippen molar-refractivity contribution in [3.63, 3.8) is 0 Å². The standard InChI is InChI=1S/C15H31N5O3S.HI/c1-3-24(21,22)18-7-4-6-17-15(16-2)20-8-5-14(13-20)19-9-11-23-12-10-19;/h14,18H,3-13H2,1-2H3,(H,16,17);1H. The minimum atomic E-state index is -3.10. The zero-order valence-electron chi connectivity index (χ0n) is 15.2. The van der Waals surface area contributed by atoms with Gasteiger partial charge in [-0.05, 0) is 19.8 Å². The summed E-state index contributed by atoms with van der Waals surface area (Å²) in [5, 5.41) is 3.34. The molecular formula is C15H32IN5O3S. The normalized spacial score (nSPS) is 22.7. The third-order valence-electron chi connectivity index (χ3n) is 4.58. The van der Waals surface area contributed by atoms with Gasteiger partial charge in [-0.2, -0.15) is 0 Å². The Hall–Kier alpha value is -0.170. The largest absolute Gasteiger partial charge is 0.379 e. The third-order valence-corrected chi connectivity index (χ3v) is 5.98. The van der Waals surface area contributed by atoms with Gasteiger partial charge < -0.3 is 15.0 Å². The van der Waals surface area contributed by atoms with Crippen LogP contribution in [0, 0.1) is 0 Å². The number of hydrogen-bond donors (Lipinski definition) is 2. The predicted octanol–water partition coefficient (Wildman–Crippen LogP) is -0.0843. The summed E-state index contributed by atoms with van der Waals surface area (Å²) in [4.78, 5) is 9.16. The van der Waals surface area contributed by atoms with Crippen molar-refractivity contribution in [3.05, 3.63) is 0 Å². The molecule has 0 aromatic rings. The van der Waals surface area contributed by atoms with Crippen molar-refractivity contribution >= 4 is 40.0 Å². The Bertz CT molecular complexity index is 511. The van der Waals surface area contributed by atoms with Crippen LogP contribution in [-0.4, -0.2) is 95.5 Å². The molecule has 2 heterocycles. The number of morpholine rings is 1. The first-order valence-corrected chi connectivity index (χ1v) is 10.5. The fourth-order valence-electron chi connectivity index (χ4n) is 3.13. The lowest BCUT2D eigenvalue weighted by Gasteiger charge is -2.32. The van der Waals surface area contributed by atoms with Gasteiger partial charge in [0.1, 0.15) is 0 Å². The van der Waals surface area contributed by atoms with E-state index in [1.807, 2.05) is 0 Å². The highest BCUT2D eigenvalue weighted by atomic mass is 127. The lowest BCUT2D eigenvalue weighted by atomic mass is 10.2. The number of aliphatic imine (C=N–C) groups is 1. The first-order valence-electron chi connectivity index (χ1n) is 8.80. The Morgan fingerprint density at radius 2 is 1.96 bits per heavy atom. The molecule has 2 N–H and O–H groups in total. The van der Waals surface area contributed by atoms with E-state index >= 15 is 0 Å². The van der Waals surface area contributed by atoms with E-state index in [0.717, 1.165) is 58.2 Å². The SMILES string of the molecule is CCS(=O)(=O)NCCCNC(=NC)N1CCC(N2CCOCC2)C1.I. The van der Waals surface area contributed by atoms with Crippen LogP contribution in [0.2, 0.25) is 0 Å². The first-order chi connectivity index (χ1) is 11.6. The Kier molecular flexibility index (Phi) is 10.5. The average molecular weight is 489 g/mol. The van der Waals surface area contributed by atoms with E-state index in [2.05, 4.69) is 24.8 Å². The van der Waals surface area contributed by atoms with Crippen molar-refractivity contribution in [2.75, 3.05) is 65.3 Å². The molecule has 0 aromatic carbocycles. The molecule has 0 radical (unpaired) electrons. The molecule has 1 atom stereocenters. The summed E-state index contributed by atoms with van der Waals surface area (Å²) in [6.07, 6.45) is 1.88. The molecule has 2 saturated heterocycles. The quantitative estimate of drug-likeness (QED) is 0.225. The maximum atomic E-state index is 11.4. The van der Waals surface area contributed by atoms with Crippen molar-refractivity contribution in [2.24, 2.45) is 4.99 Å². The van der Waals surface area contributed by atoms with Crippen LogP contribution in [0.5, 0.6) is 0 Å². The molecule has 2 fully saturated rings. The lowest BCUT2D eigenvalue weighted by molar-refractivity contribution is 0.0195. The topological polar surface area (TPSA) is 86.3 Å². The van der Waals surface area contributed by atoms with Gasteiger partial charge >= 0.3 is 0 Å². The van der Waals surface area contributed by atoms with Crippen LogP contribution in [0.1, 0.15) is 19.8 Å². The second-order valence-electron chi connectivity index (χ2n) is 6.16. The number of rotatable bonds is 7. The highest BCUT2D eigenvalue weighted by Gasteiger charge is 2.30. The van der Waals surface area contributed by atoms with E-state index in [9.17, 15) is 8.42 Å². The molecule has 148 valence electrons. The van der Waals surface area contributed by atoms with Crippen LogP contribution >= 0.6 is 24.0 Å². The number of guanidine groups is 1. The second-order valence-corrected chi connectivity index (χ2v) is 8.26. The van der Waals surface area contributed by atoms with E-state index in [1.165, 1.54) is 0 Å². The van der Waals surface area contributed by atoms with Crippen molar-refractivity contribution in [3.8, 4) is 0 Å². The molecule has 0 amide bonds.